The zero-order chi connectivity index (χ0) is 23.3. The molecule has 33 heavy (non-hydrogen) atoms. The highest BCUT2D eigenvalue weighted by molar-refractivity contribution is 7.89. The smallest absolute Gasteiger partial charge is 0.243 e. The van der Waals surface area contributed by atoms with Gasteiger partial charge >= 0.3 is 0 Å². The number of carbonyl (C=O) groups excluding carboxylic acids is 1. The minimum Gasteiger partial charge on any atom is -0.342 e. The molecule has 1 heterocycles. The van der Waals surface area contributed by atoms with E-state index in [1.807, 2.05) is 11.0 Å². The van der Waals surface area contributed by atoms with E-state index in [9.17, 15) is 13.2 Å². The lowest BCUT2D eigenvalue weighted by atomic mass is 9.90. The van der Waals surface area contributed by atoms with Crippen LogP contribution in [0.25, 0.3) is 0 Å². The van der Waals surface area contributed by atoms with Crippen LogP contribution in [0.2, 0.25) is 5.02 Å². The Morgan fingerprint density at radius 2 is 1.55 bits per heavy atom. The van der Waals surface area contributed by atoms with Crippen LogP contribution in [0.5, 0.6) is 0 Å². The van der Waals surface area contributed by atoms with Crippen molar-refractivity contribution in [3.8, 4) is 0 Å². The van der Waals surface area contributed by atoms with Gasteiger partial charge in [0.25, 0.3) is 0 Å². The molecule has 0 atom stereocenters. The Morgan fingerprint density at radius 3 is 2.18 bits per heavy atom. The van der Waals surface area contributed by atoms with Crippen LogP contribution >= 0.6 is 11.6 Å². The summed E-state index contributed by atoms with van der Waals surface area (Å²) in [6.07, 6.45) is 7.66. The zero-order valence-electron chi connectivity index (χ0n) is 19.0. The van der Waals surface area contributed by atoms with E-state index in [2.05, 4.69) is 24.3 Å². The number of likely N-dealkylation sites (tertiary alicyclic amines) is 1. The molecule has 0 unspecified atom stereocenters. The maximum atomic E-state index is 13.5. The predicted molar refractivity (Wildman–Crippen MR) is 132 cm³/mol. The lowest BCUT2D eigenvalue weighted by Gasteiger charge is -2.36. The quantitative estimate of drug-likeness (QED) is 0.541. The van der Waals surface area contributed by atoms with Crippen molar-refractivity contribution < 1.29 is 13.2 Å². The number of halogens is 1. The molecule has 5 nitrogen and oxygen atoms in total. The van der Waals surface area contributed by atoms with Gasteiger partial charge in [-0.1, -0.05) is 61.2 Å². The maximum absolute atomic E-state index is 13.5. The molecule has 1 aliphatic heterocycles. The molecule has 2 aromatic carbocycles. The highest BCUT2D eigenvalue weighted by Gasteiger charge is 2.35. The van der Waals surface area contributed by atoms with Crippen molar-refractivity contribution in [1.82, 2.24) is 9.21 Å². The molecule has 1 saturated carbocycles. The fourth-order valence-electron chi connectivity index (χ4n) is 5.09. The van der Waals surface area contributed by atoms with Crippen molar-refractivity contribution >= 4 is 27.5 Å². The Labute approximate surface area is 202 Å². The second-order valence-corrected chi connectivity index (χ2v) is 11.6. The van der Waals surface area contributed by atoms with E-state index in [-0.39, 0.29) is 23.4 Å². The molecular formula is C26H33ClN2O3S. The van der Waals surface area contributed by atoms with Crippen molar-refractivity contribution in [2.45, 2.75) is 62.3 Å². The second-order valence-electron chi connectivity index (χ2n) is 9.31. The number of amides is 1. The Balaban J connectivity index is 1.43. The minimum atomic E-state index is -3.78. The highest BCUT2D eigenvalue weighted by Crippen LogP contribution is 2.29. The standard InChI is InChI=1S/C26H33ClN2O3S/c27-23-11-13-25(14-12-23)33(31,32)29(24-9-5-2-6-10-24)20-26(30)28-17-15-22(16-18-28)19-21-7-3-1-4-8-21/h1,3-4,7-8,11-14,22,24H,2,5-6,9-10,15-20H2. The molecule has 2 fully saturated rings. The van der Waals surface area contributed by atoms with Gasteiger partial charge in [-0.25, -0.2) is 8.42 Å². The number of sulfonamides is 1. The summed E-state index contributed by atoms with van der Waals surface area (Å²) >= 11 is 5.97. The number of benzene rings is 2. The van der Waals surface area contributed by atoms with Crippen LogP contribution in [0.1, 0.15) is 50.5 Å². The van der Waals surface area contributed by atoms with Gasteiger partial charge in [-0.05, 0) is 67.9 Å². The lowest BCUT2D eigenvalue weighted by Crippen LogP contribution is -2.49. The summed E-state index contributed by atoms with van der Waals surface area (Å²) in [7, 11) is -3.78. The Hall–Kier alpha value is -1.89. The van der Waals surface area contributed by atoms with Gasteiger partial charge in [-0.3, -0.25) is 4.79 Å². The summed E-state index contributed by atoms with van der Waals surface area (Å²) in [6.45, 7) is 1.30. The minimum absolute atomic E-state index is 0.0843. The van der Waals surface area contributed by atoms with E-state index in [4.69, 9.17) is 11.6 Å². The van der Waals surface area contributed by atoms with Gasteiger partial charge in [0.15, 0.2) is 0 Å². The van der Waals surface area contributed by atoms with Gasteiger partial charge in [0.05, 0.1) is 11.4 Å². The van der Waals surface area contributed by atoms with Gasteiger partial charge in [0, 0.05) is 24.2 Å². The largest absolute Gasteiger partial charge is 0.342 e. The number of nitrogens with zero attached hydrogens (tertiary/aromatic N) is 2. The molecule has 0 aromatic heterocycles. The van der Waals surface area contributed by atoms with Crippen molar-refractivity contribution in [3.63, 3.8) is 0 Å². The average Bonchev–Trinajstić information content (AvgIpc) is 2.84. The molecule has 7 heteroatoms. The fraction of sp³-hybridized carbons (Fsp3) is 0.500. The number of hydrogen-bond acceptors (Lipinski definition) is 3. The molecule has 1 amide bonds. The molecule has 2 aliphatic rings. The predicted octanol–water partition coefficient (Wildman–Crippen LogP) is 5.14. The maximum Gasteiger partial charge on any atom is 0.243 e. The summed E-state index contributed by atoms with van der Waals surface area (Å²) in [6, 6.07) is 16.6. The molecule has 1 aliphatic carbocycles. The third-order valence-corrected chi connectivity index (χ3v) is 9.19. The molecule has 0 bridgehead atoms. The van der Waals surface area contributed by atoms with Gasteiger partial charge in [0.2, 0.25) is 15.9 Å². The summed E-state index contributed by atoms with van der Waals surface area (Å²) in [4.78, 5) is 15.3. The Morgan fingerprint density at radius 1 is 0.909 bits per heavy atom. The molecule has 2 aromatic rings. The number of carbonyl (C=O) groups is 1. The summed E-state index contributed by atoms with van der Waals surface area (Å²) in [5, 5.41) is 0.493. The number of piperidine rings is 1. The third kappa shape index (κ3) is 6.17. The van der Waals surface area contributed by atoms with E-state index >= 15 is 0 Å². The van der Waals surface area contributed by atoms with Crippen molar-refractivity contribution in [2.75, 3.05) is 19.6 Å². The molecule has 0 spiro atoms. The molecule has 1 saturated heterocycles. The highest BCUT2D eigenvalue weighted by atomic mass is 35.5. The van der Waals surface area contributed by atoms with Gasteiger partial charge in [-0.2, -0.15) is 4.31 Å². The van der Waals surface area contributed by atoms with E-state index in [1.165, 1.54) is 22.0 Å². The zero-order valence-corrected chi connectivity index (χ0v) is 20.6. The van der Waals surface area contributed by atoms with E-state index in [0.29, 0.717) is 24.0 Å². The van der Waals surface area contributed by atoms with Crippen molar-refractivity contribution in [2.24, 2.45) is 5.92 Å². The Kier molecular flexibility index (Phi) is 8.10. The lowest BCUT2D eigenvalue weighted by molar-refractivity contribution is -0.133. The monoisotopic (exact) mass is 488 g/mol. The third-order valence-electron chi connectivity index (χ3n) is 7.03. The summed E-state index contributed by atoms with van der Waals surface area (Å²) in [5.74, 6) is 0.472. The Bertz CT molecular complexity index is 1010. The molecule has 0 radical (unpaired) electrons. The number of rotatable bonds is 7. The normalized spacial score (nSPS) is 18.5. The first-order valence-electron chi connectivity index (χ1n) is 12.0. The summed E-state index contributed by atoms with van der Waals surface area (Å²) < 4.78 is 28.5. The van der Waals surface area contributed by atoms with Crippen LogP contribution < -0.4 is 0 Å². The van der Waals surface area contributed by atoms with Crippen LogP contribution in [0.3, 0.4) is 0 Å². The van der Waals surface area contributed by atoms with Gasteiger partial charge in [-0.15, -0.1) is 0 Å². The first-order chi connectivity index (χ1) is 15.9. The van der Waals surface area contributed by atoms with Crippen LogP contribution in [-0.2, 0) is 21.2 Å². The second kappa shape index (κ2) is 11.0. The van der Waals surface area contributed by atoms with Crippen molar-refractivity contribution in [3.05, 3.63) is 65.2 Å². The van der Waals surface area contributed by atoms with Crippen LogP contribution in [0.15, 0.2) is 59.5 Å². The molecular weight excluding hydrogens is 456 g/mol. The van der Waals surface area contributed by atoms with Gasteiger partial charge < -0.3 is 4.90 Å². The van der Waals surface area contributed by atoms with Crippen LogP contribution in [-0.4, -0.2) is 49.2 Å². The van der Waals surface area contributed by atoms with Crippen LogP contribution in [0.4, 0.5) is 0 Å². The van der Waals surface area contributed by atoms with Crippen LogP contribution in [0, 0.1) is 5.92 Å². The SMILES string of the molecule is O=C(CN(C1CCCCC1)S(=O)(=O)c1ccc(Cl)cc1)N1CCC(Cc2ccccc2)CC1. The first-order valence-corrected chi connectivity index (χ1v) is 13.8. The summed E-state index contributed by atoms with van der Waals surface area (Å²) in [5.41, 5.74) is 1.33. The molecule has 178 valence electrons. The average molecular weight is 489 g/mol. The molecule has 4 rings (SSSR count). The van der Waals surface area contributed by atoms with E-state index in [1.54, 1.807) is 12.1 Å². The van der Waals surface area contributed by atoms with Crippen molar-refractivity contribution in [1.29, 1.82) is 0 Å². The van der Waals surface area contributed by atoms with Gasteiger partial charge in [0.1, 0.15) is 0 Å². The topological polar surface area (TPSA) is 57.7 Å². The van der Waals surface area contributed by atoms with E-state index in [0.717, 1.165) is 51.4 Å². The number of hydrogen-bond donors (Lipinski definition) is 0. The van der Waals surface area contributed by atoms with E-state index < -0.39 is 10.0 Å². The fourth-order valence-corrected chi connectivity index (χ4v) is 6.85. The molecule has 0 N–H and O–H groups in total. The first kappa shape index (κ1) is 24.2.